The number of unbranched alkanes of at least 4 members (excludes halogenated alkanes) is 4. The van der Waals surface area contributed by atoms with Crippen molar-refractivity contribution in [2.24, 2.45) is 0 Å². The monoisotopic (exact) mass is 633 g/mol. The number of hydrogen-bond acceptors (Lipinski definition) is 6. The smallest absolute Gasteiger partial charge is 0.408 e. The Hall–Kier alpha value is -4.32. The van der Waals surface area contributed by atoms with Gasteiger partial charge in [0.2, 0.25) is 11.8 Å². The lowest BCUT2D eigenvalue weighted by molar-refractivity contribution is -0.159. The van der Waals surface area contributed by atoms with E-state index in [0.29, 0.717) is 17.5 Å². The molecule has 0 spiro atoms. The molecule has 2 N–H and O–H groups in total. The molecule has 2 atom stereocenters. The number of esters is 1. The summed E-state index contributed by atoms with van der Waals surface area (Å²) in [7, 11) is 0. The van der Waals surface area contributed by atoms with Crippen LogP contribution in [0.5, 0.6) is 0 Å². The number of carbonyl (C=O) groups is 4. The molecule has 0 aliphatic heterocycles. The summed E-state index contributed by atoms with van der Waals surface area (Å²) in [4.78, 5) is 55.6. The maximum atomic E-state index is 14.4. The number of terminal acetylenes is 1. The van der Waals surface area contributed by atoms with E-state index in [9.17, 15) is 19.2 Å². The lowest BCUT2D eigenvalue weighted by Crippen LogP contribution is -2.52. The van der Waals surface area contributed by atoms with Gasteiger partial charge in [0.05, 0.1) is 0 Å². The number of carbonyl (C=O) groups excluding carboxylic acids is 4. The van der Waals surface area contributed by atoms with Crippen molar-refractivity contribution in [3.63, 3.8) is 0 Å². The van der Waals surface area contributed by atoms with Gasteiger partial charge in [0, 0.05) is 18.5 Å². The van der Waals surface area contributed by atoms with Gasteiger partial charge in [-0.1, -0.05) is 87.1 Å². The number of amides is 3. The second-order valence-electron chi connectivity index (χ2n) is 13.3. The third-order valence-corrected chi connectivity index (χ3v) is 6.87. The highest BCUT2D eigenvalue weighted by Gasteiger charge is 2.36. The van der Waals surface area contributed by atoms with Crippen LogP contribution in [0.3, 0.4) is 0 Å². The van der Waals surface area contributed by atoms with Crippen LogP contribution in [0.4, 0.5) is 4.79 Å². The van der Waals surface area contributed by atoms with Crippen LogP contribution in [-0.4, -0.2) is 59.1 Å². The zero-order valence-corrected chi connectivity index (χ0v) is 28.5. The van der Waals surface area contributed by atoms with E-state index in [0.717, 1.165) is 31.2 Å². The quantitative estimate of drug-likeness (QED) is 0.139. The van der Waals surface area contributed by atoms with E-state index in [1.165, 1.54) is 4.90 Å². The largest absolute Gasteiger partial charge is 0.458 e. The molecule has 0 radical (unpaired) electrons. The topological polar surface area (TPSA) is 114 Å². The maximum absolute atomic E-state index is 14.4. The van der Waals surface area contributed by atoms with Crippen LogP contribution in [0.2, 0.25) is 0 Å². The number of nitrogens with one attached hydrogen (secondary N) is 2. The maximum Gasteiger partial charge on any atom is 0.408 e. The molecule has 0 aliphatic rings. The minimum atomic E-state index is -1.19. The van der Waals surface area contributed by atoms with Gasteiger partial charge in [-0.05, 0) is 65.2 Å². The molecule has 0 heterocycles. The van der Waals surface area contributed by atoms with Crippen LogP contribution in [-0.2, 0) is 30.3 Å². The number of ether oxygens (including phenoxy) is 2. The van der Waals surface area contributed by atoms with E-state index in [2.05, 4.69) is 23.5 Å². The fourth-order valence-corrected chi connectivity index (χ4v) is 4.83. The highest BCUT2D eigenvalue weighted by atomic mass is 16.6. The third kappa shape index (κ3) is 13.4. The van der Waals surface area contributed by atoms with Gasteiger partial charge in [-0.15, -0.1) is 6.42 Å². The number of nitrogens with zero attached hydrogens (tertiary/aromatic N) is 1. The fourth-order valence-electron chi connectivity index (χ4n) is 4.83. The second kappa shape index (κ2) is 18.0. The van der Waals surface area contributed by atoms with Gasteiger partial charge in [0.1, 0.15) is 29.8 Å². The molecule has 250 valence electrons. The molecule has 0 saturated heterocycles. The lowest BCUT2D eigenvalue weighted by atomic mass is 9.96. The molecule has 2 aromatic rings. The first-order chi connectivity index (χ1) is 21.6. The number of hydrogen-bond donors (Lipinski definition) is 2. The predicted octanol–water partition coefficient (Wildman–Crippen LogP) is 6.10. The van der Waals surface area contributed by atoms with Crippen LogP contribution in [0.15, 0.2) is 54.6 Å². The van der Waals surface area contributed by atoms with Crippen molar-refractivity contribution in [2.45, 2.75) is 110 Å². The Morgan fingerprint density at radius 2 is 1.46 bits per heavy atom. The van der Waals surface area contributed by atoms with Crippen molar-refractivity contribution in [3.8, 4) is 12.3 Å². The normalized spacial score (nSPS) is 12.7. The van der Waals surface area contributed by atoms with E-state index in [1.807, 2.05) is 30.3 Å². The standard InChI is InChI=1S/C37H51N3O6/c1-9-11-12-13-19-24-40(31(41)26-38-35(44)46-37(6,7)8)32(29-23-18-17-22-28(29)10-2)33(42)39-30(34(43)45-36(3,4)5)25-27-20-15-14-16-21-27/h2,14-18,20-23,30,32H,9,11-13,19,24-26H2,1,3-8H3,(H,38,44)(H,39,42). The zero-order chi connectivity index (χ0) is 34.3. The van der Waals surface area contributed by atoms with Gasteiger partial charge >= 0.3 is 12.1 Å². The van der Waals surface area contributed by atoms with Gasteiger partial charge in [-0.3, -0.25) is 9.59 Å². The summed E-state index contributed by atoms with van der Waals surface area (Å²) in [5.41, 5.74) is 0.146. The Kier molecular flexibility index (Phi) is 14.8. The Labute approximate surface area is 274 Å². The van der Waals surface area contributed by atoms with E-state index in [1.54, 1.807) is 65.8 Å². The van der Waals surface area contributed by atoms with Gasteiger partial charge in [0.15, 0.2) is 0 Å². The molecule has 3 amide bonds. The first-order valence-electron chi connectivity index (χ1n) is 16.0. The van der Waals surface area contributed by atoms with Crippen LogP contribution in [0, 0.1) is 12.3 Å². The Bertz CT molecular complexity index is 1340. The summed E-state index contributed by atoms with van der Waals surface area (Å²) in [5, 5.41) is 5.41. The van der Waals surface area contributed by atoms with E-state index >= 15 is 0 Å². The Morgan fingerprint density at radius 3 is 2.07 bits per heavy atom. The summed E-state index contributed by atoms with van der Waals surface area (Å²) < 4.78 is 11.0. The Balaban J connectivity index is 2.53. The van der Waals surface area contributed by atoms with Gasteiger partial charge in [0.25, 0.3) is 0 Å². The molecule has 9 heteroatoms. The molecular weight excluding hydrogens is 582 g/mol. The van der Waals surface area contributed by atoms with Gasteiger partial charge in [-0.25, -0.2) is 9.59 Å². The predicted molar refractivity (Wildman–Crippen MR) is 180 cm³/mol. The van der Waals surface area contributed by atoms with Crippen LogP contribution in [0.1, 0.15) is 103 Å². The van der Waals surface area contributed by atoms with Crippen molar-refractivity contribution in [2.75, 3.05) is 13.1 Å². The summed E-state index contributed by atoms with van der Waals surface area (Å²) in [6.45, 7) is 12.4. The minimum Gasteiger partial charge on any atom is -0.458 e. The molecule has 0 aromatic heterocycles. The molecule has 0 saturated carbocycles. The van der Waals surface area contributed by atoms with E-state index in [4.69, 9.17) is 15.9 Å². The van der Waals surface area contributed by atoms with E-state index in [-0.39, 0.29) is 13.0 Å². The zero-order valence-electron chi connectivity index (χ0n) is 28.5. The summed E-state index contributed by atoms with van der Waals surface area (Å²) in [5.74, 6) is 0.949. The summed E-state index contributed by atoms with van der Waals surface area (Å²) in [6.07, 6.45) is 9.84. The summed E-state index contributed by atoms with van der Waals surface area (Å²) >= 11 is 0. The molecule has 2 rings (SSSR count). The molecule has 9 nitrogen and oxygen atoms in total. The first kappa shape index (κ1) is 37.9. The van der Waals surface area contributed by atoms with Crippen LogP contribution in [0.25, 0.3) is 0 Å². The minimum absolute atomic E-state index is 0.177. The number of benzene rings is 2. The van der Waals surface area contributed by atoms with Crippen molar-refractivity contribution in [1.29, 1.82) is 0 Å². The average molecular weight is 634 g/mol. The molecule has 0 bridgehead atoms. The molecule has 46 heavy (non-hydrogen) atoms. The third-order valence-electron chi connectivity index (χ3n) is 6.87. The highest BCUT2D eigenvalue weighted by molar-refractivity contribution is 5.93. The van der Waals surface area contributed by atoms with Crippen molar-refractivity contribution >= 4 is 23.9 Å². The second-order valence-corrected chi connectivity index (χ2v) is 13.3. The van der Waals surface area contributed by atoms with Crippen LogP contribution < -0.4 is 10.6 Å². The average Bonchev–Trinajstić information content (AvgIpc) is 2.97. The Morgan fingerprint density at radius 1 is 0.848 bits per heavy atom. The highest BCUT2D eigenvalue weighted by Crippen LogP contribution is 2.26. The van der Waals surface area contributed by atoms with Crippen molar-refractivity contribution in [3.05, 3.63) is 71.3 Å². The molecule has 0 fully saturated rings. The fraction of sp³-hybridized carbons (Fsp3) is 0.514. The number of rotatable bonds is 15. The summed E-state index contributed by atoms with van der Waals surface area (Å²) in [6, 6.07) is 14.0. The van der Waals surface area contributed by atoms with E-state index < -0.39 is 53.7 Å². The molecular formula is C37H51N3O6. The van der Waals surface area contributed by atoms with Gasteiger partial charge < -0.3 is 25.0 Å². The first-order valence-corrected chi connectivity index (χ1v) is 16.0. The molecule has 2 unspecified atom stereocenters. The van der Waals surface area contributed by atoms with Crippen molar-refractivity contribution < 1.29 is 28.7 Å². The van der Waals surface area contributed by atoms with Gasteiger partial charge in [-0.2, -0.15) is 0 Å². The number of alkyl carbamates (subject to hydrolysis) is 1. The molecule has 0 aliphatic carbocycles. The lowest BCUT2D eigenvalue weighted by Gasteiger charge is -2.33. The molecule has 2 aromatic carbocycles. The SMILES string of the molecule is C#Cc1ccccc1C(C(=O)NC(Cc1ccccc1)C(=O)OC(C)(C)C)N(CCCCCCC)C(=O)CNC(=O)OC(C)(C)C. The van der Waals surface area contributed by atoms with Crippen molar-refractivity contribution in [1.82, 2.24) is 15.5 Å². The van der Waals surface area contributed by atoms with Crippen LogP contribution >= 0.6 is 0 Å².